The van der Waals surface area contributed by atoms with Crippen molar-refractivity contribution in [2.75, 3.05) is 27.4 Å². The third-order valence-electron chi connectivity index (χ3n) is 3.96. The molecule has 2 rings (SSSR count). The van der Waals surface area contributed by atoms with Crippen LogP contribution in [0.1, 0.15) is 11.1 Å². The van der Waals surface area contributed by atoms with E-state index in [4.69, 9.17) is 13.7 Å². The number of carbonyl (C=O) groups is 1. The monoisotopic (exact) mass is 430 g/mol. The third kappa shape index (κ3) is 6.07. The van der Waals surface area contributed by atoms with E-state index in [0.29, 0.717) is 12.2 Å². The van der Waals surface area contributed by atoms with Crippen LogP contribution in [-0.2, 0) is 19.6 Å². The topological polar surface area (TPSA) is 115 Å². The Morgan fingerprint density at radius 2 is 1.83 bits per heavy atom. The van der Waals surface area contributed by atoms with Gasteiger partial charge in [0, 0.05) is 13.7 Å². The first-order valence-corrected chi connectivity index (χ1v) is 10.3. The lowest BCUT2D eigenvalue weighted by atomic mass is 10.1. The molecule has 0 radical (unpaired) electrons. The molecular formula is C21H22N2O6S. The van der Waals surface area contributed by atoms with Gasteiger partial charge in [-0.05, 0) is 42.8 Å². The van der Waals surface area contributed by atoms with Gasteiger partial charge in [-0.15, -0.1) is 0 Å². The van der Waals surface area contributed by atoms with E-state index in [0.717, 1.165) is 5.56 Å². The molecule has 0 unspecified atom stereocenters. The van der Waals surface area contributed by atoms with Crippen molar-refractivity contribution in [3.63, 3.8) is 0 Å². The van der Waals surface area contributed by atoms with E-state index in [9.17, 15) is 18.5 Å². The fourth-order valence-electron chi connectivity index (χ4n) is 2.39. The Morgan fingerprint density at radius 3 is 2.43 bits per heavy atom. The number of hydrogen-bond acceptors (Lipinski definition) is 7. The first-order valence-electron chi connectivity index (χ1n) is 8.89. The van der Waals surface area contributed by atoms with Gasteiger partial charge in [0.2, 0.25) is 0 Å². The molecule has 1 N–H and O–H groups in total. The maximum atomic E-state index is 12.5. The van der Waals surface area contributed by atoms with Crippen LogP contribution < -0.4 is 14.2 Å². The summed E-state index contributed by atoms with van der Waals surface area (Å²) >= 11 is 0. The van der Waals surface area contributed by atoms with Gasteiger partial charge in [0.1, 0.15) is 16.5 Å². The number of hydrogen-bond donors (Lipinski definition) is 1. The maximum Gasteiger partial charge on any atom is 0.339 e. The van der Waals surface area contributed by atoms with Crippen LogP contribution in [0.2, 0.25) is 0 Å². The zero-order chi connectivity index (χ0) is 22.1. The average molecular weight is 430 g/mol. The number of rotatable bonds is 9. The number of nitriles is 1. The van der Waals surface area contributed by atoms with Crippen molar-refractivity contribution < 1.29 is 26.9 Å². The highest BCUT2D eigenvalue weighted by Crippen LogP contribution is 2.31. The minimum atomic E-state index is -4.05. The molecule has 9 heteroatoms. The van der Waals surface area contributed by atoms with E-state index in [1.165, 1.54) is 50.6 Å². The molecule has 8 nitrogen and oxygen atoms in total. The number of amides is 1. The maximum absolute atomic E-state index is 12.5. The van der Waals surface area contributed by atoms with Crippen molar-refractivity contribution in [2.24, 2.45) is 0 Å². The molecule has 0 fully saturated rings. The van der Waals surface area contributed by atoms with Crippen LogP contribution in [0.3, 0.4) is 0 Å². The predicted octanol–water partition coefficient (Wildman–Crippen LogP) is 2.44. The second kappa shape index (κ2) is 10.4. The molecule has 0 atom stereocenters. The summed E-state index contributed by atoms with van der Waals surface area (Å²) in [6.07, 6.45) is 1.36. The lowest BCUT2D eigenvalue weighted by Gasteiger charge is -2.12. The number of ether oxygens (including phenoxy) is 2. The molecule has 0 saturated heterocycles. The molecule has 0 aliphatic carbocycles. The van der Waals surface area contributed by atoms with E-state index in [-0.39, 0.29) is 28.5 Å². The highest BCUT2D eigenvalue weighted by atomic mass is 32.2. The van der Waals surface area contributed by atoms with Crippen molar-refractivity contribution in [3.05, 3.63) is 59.2 Å². The summed E-state index contributed by atoms with van der Waals surface area (Å²) in [7, 11) is -1.19. The van der Waals surface area contributed by atoms with Gasteiger partial charge < -0.3 is 19.0 Å². The first-order chi connectivity index (χ1) is 14.3. The zero-order valence-corrected chi connectivity index (χ0v) is 17.7. The van der Waals surface area contributed by atoms with E-state index < -0.39 is 16.0 Å². The van der Waals surface area contributed by atoms with Crippen LogP contribution in [-0.4, -0.2) is 41.7 Å². The van der Waals surface area contributed by atoms with Gasteiger partial charge in [0.15, 0.2) is 11.5 Å². The molecule has 0 heterocycles. The zero-order valence-electron chi connectivity index (χ0n) is 16.8. The van der Waals surface area contributed by atoms with Crippen LogP contribution in [0.5, 0.6) is 11.5 Å². The Kier molecular flexibility index (Phi) is 7.98. The molecule has 1 amide bonds. The lowest BCUT2D eigenvalue weighted by Crippen LogP contribution is -2.27. The van der Waals surface area contributed by atoms with Crippen molar-refractivity contribution in [1.29, 1.82) is 5.26 Å². The van der Waals surface area contributed by atoms with Gasteiger partial charge in [0.05, 0.1) is 13.7 Å². The highest BCUT2D eigenvalue weighted by molar-refractivity contribution is 7.87. The summed E-state index contributed by atoms with van der Waals surface area (Å²) < 4.78 is 40.3. The molecule has 0 aliphatic rings. The van der Waals surface area contributed by atoms with Gasteiger partial charge in [-0.3, -0.25) is 4.79 Å². The molecule has 158 valence electrons. The number of nitrogens with one attached hydrogen (secondary N) is 1. The van der Waals surface area contributed by atoms with Crippen molar-refractivity contribution in [1.82, 2.24) is 5.32 Å². The predicted molar refractivity (Wildman–Crippen MR) is 110 cm³/mol. The Labute approximate surface area is 175 Å². The standard InChI is InChI=1S/C21H22N2O6S/c1-15-4-7-18(8-5-15)30(25,26)29-19-9-6-16(13-20(19)28-3)12-17(14-22)21(24)23-10-11-27-2/h4-9,12-13H,10-11H2,1-3H3,(H,23,24)/b17-12+. The Hall–Kier alpha value is -3.35. The summed E-state index contributed by atoms with van der Waals surface area (Å²) in [5.41, 5.74) is 1.27. The Morgan fingerprint density at radius 1 is 1.13 bits per heavy atom. The van der Waals surface area contributed by atoms with Gasteiger partial charge in [-0.2, -0.15) is 13.7 Å². The quantitative estimate of drug-likeness (QED) is 0.281. The molecule has 0 bridgehead atoms. The summed E-state index contributed by atoms with van der Waals surface area (Å²) in [4.78, 5) is 12.1. The van der Waals surface area contributed by atoms with Crippen LogP contribution in [0.15, 0.2) is 52.9 Å². The number of methoxy groups -OCH3 is 2. The average Bonchev–Trinajstić information content (AvgIpc) is 2.73. The van der Waals surface area contributed by atoms with Gasteiger partial charge >= 0.3 is 10.1 Å². The highest BCUT2D eigenvalue weighted by Gasteiger charge is 2.19. The summed E-state index contributed by atoms with van der Waals surface area (Å²) in [5, 5.41) is 11.8. The summed E-state index contributed by atoms with van der Waals surface area (Å²) in [6, 6.07) is 12.5. The van der Waals surface area contributed by atoms with E-state index in [1.54, 1.807) is 12.1 Å². The van der Waals surface area contributed by atoms with Crippen LogP contribution >= 0.6 is 0 Å². The first kappa shape index (κ1) is 22.9. The smallest absolute Gasteiger partial charge is 0.339 e. The number of aryl methyl sites for hydroxylation is 1. The Balaban J connectivity index is 2.26. The van der Waals surface area contributed by atoms with Crippen LogP contribution in [0, 0.1) is 18.3 Å². The fourth-order valence-corrected chi connectivity index (χ4v) is 3.33. The van der Waals surface area contributed by atoms with Gasteiger partial charge in [-0.1, -0.05) is 23.8 Å². The normalized spacial score (nSPS) is 11.5. The molecule has 2 aromatic rings. The molecule has 30 heavy (non-hydrogen) atoms. The molecule has 0 aliphatic heterocycles. The minimum Gasteiger partial charge on any atom is -0.493 e. The van der Waals surface area contributed by atoms with Gasteiger partial charge in [-0.25, -0.2) is 0 Å². The van der Waals surface area contributed by atoms with E-state index in [2.05, 4.69) is 5.32 Å². The van der Waals surface area contributed by atoms with E-state index >= 15 is 0 Å². The largest absolute Gasteiger partial charge is 0.493 e. The second-order valence-electron chi connectivity index (χ2n) is 6.18. The van der Waals surface area contributed by atoms with Crippen LogP contribution in [0.25, 0.3) is 6.08 Å². The van der Waals surface area contributed by atoms with Crippen LogP contribution in [0.4, 0.5) is 0 Å². The summed E-state index contributed by atoms with van der Waals surface area (Å²) in [5.74, 6) is -0.425. The molecule has 0 aromatic heterocycles. The van der Waals surface area contributed by atoms with Crippen molar-refractivity contribution in [2.45, 2.75) is 11.8 Å². The number of carbonyl (C=O) groups excluding carboxylic acids is 1. The molecule has 0 saturated carbocycles. The third-order valence-corrected chi connectivity index (χ3v) is 5.21. The van der Waals surface area contributed by atoms with Crippen molar-refractivity contribution in [3.8, 4) is 17.6 Å². The van der Waals surface area contributed by atoms with Gasteiger partial charge in [0.25, 0.3) is 5.91 Å². The fraction of sp³-hybridized carbons (Fsp3) is 0.238. The van der Waals surface area contributed by atoms with Crippen molar-refractivity contribution >= 4 is 22.1 Å². The second-order valence-corrected chi connectivity index (χ2v) is 7.73. The summed E-state index contributed by atoms with van der Waals surface area (Å²) in [6.45, 7) is 2.43. The van der Waals surface area contributed by atoms with E-state index in [1.807, 2.05) is 13.0 Å². The number of nitrogens with zero attached hydrogens (tertiary/aromatic N) is 1. The Bertz CT molecular complexity index is 1070. The minimum absolute atomic E-state index is 0.0126. The molecule has 0 spiro atoms. The number of benzene rings is 2. The molecular weight excluding hydrogens is 408 g/mol. The SMILES string of the molecule is COCCNC(=O)/C(C#N)=C/c1ccc(OS(=O)(=O)c2ccc(C)cc2)c(OC)c1. The lowest BCUT2D eigenvalue weighted by molar-refractivity contribution is -0.117. The molecule has 2 aromatic carbocycles.